The fourth-order valence-electron chi connectivity index (χ4n) is 2.00. The molecule has 0 radical (unpaired) electrons. The van der Waals surface area contributed by atoms with E-state index in [0.29, 0.717) is 11.6 Å². The van der Waals surface area contributed by atoms with E-state index in [2.05, 4.69) is 10.2 Å². The van der Waals surface area contributed by atoms with E-state index in [1.165, 1.54) is 0 Å². The standard InChI is InChI=1S/C13H17ClN2O2S/c1-3-4-5-19(17,18)8-10-7-11-12(6-9(10)2)15-16-13(11)14/h6-7H,3-5,8H2,1-2H3,(H,15,16). The topological polar surface area (TPSA) is 62.8 Å². The summed E-state index contributed by atoms with van der Waals surface area (Å²) in [6.07, 6.45) is 1.58. The third-order valence-corrected chi connectivity index (χ3v) is 5.10. The molecular formula is C13H17ClN2O2S. The van der Waals surface area contributed by atoms with E-state index >= 15 is 0 Å². The van der Waals surface area contributed by atoms with Crippen LogP contribution in [0.3, 0.4) is 0 Å². The van der Waals surface area contributed by atoms with Crippen LogP contribution in [0.1, 0.15) is 30.9 Å². The fourth-order valence-corrected chi connectivity index (χ4v) is 3.86. The smallest absolute Gasteiger partial charge is 0.154 e. The first-order valence-electron chi connectivity index (χ1n) is 6.26. The minimum Gasteiger partial charge on any atom is -0.266 e. The highest BCUT2D eigenvalue weighted by molar-refractivity contribution is 7.90. The second kappa shape index (κ2) is 5.51. The number of aryl methyl sites for hydroxylation is 1. The van der Waals surface area contributed by atoms with Gasteiger partial charge in [0, 0.05) is 5.39 Å². The monoisotopic (exact) mass is 300 g/mol. The average Bonchev–Trinajstić information content (AvgIpc) is 2.68. The van der Waals surface area contributed by atoms with Crippen LogP contribution in [-0.4, -0.2) is 24.4 Å². The Morgan fingerprint density at radius 2 is 2.11 bits per heavy atom. The molecule has 4 nitrogen and oxygen atoms in total. The quantitative estimate of drug-likeness (QED) is 0.922. The van der Waals surface area contributed by atoms with Crippen LogP contribution in [-0.2, 0) is 15.6 Å². The second-order valence-corrected chi connectivity index (χ2v) is 7.34. The molecule has 0 aliphatic carbocycles. The minimum atomic E-state index is -3.06. The van der Waals surface area contributed by atoms with Gasteiger partial charge in [-0.2, -0.15) is 5.10 Å². The van der Waals surface area contributed by atoms with Gasteiger partial charge in [-0.05, 0) is 36.6 Å². The van der Waals surface area contributed by atoms with Crippen molar-refractivity contribution in [3.63, 3.8) is 0 Å². The van der Waals surface area contributed by atoms with Gasteiger partial charge in [0.25, 0.3) is 0 Å². The summed E-state index contributed by atoms with van der Waals surface area (Å²) < 4.78 is 24.0. The highest BCUT2D eigenvalue weighted by atomic mass is 35.5. The van der Waals surface area contributed by atoms with E-state index in [-0.39, 0.29) is 11.5 Å². The molecule has 104 valence electrons. The van der Waals surface area contributed by atoms with Crippen LogP contribution < -0.4 is 0 Å². The molecule has 0 fully saturated rings. The summed E-state index contributed by atoms with van der Waals surface area (Å²) in [5, 5.41) is 7.97. The lowest BCUT2D eigenvalue weighted by Crippen LogP contribution is -2.10. The molecule has 0 amide bonds. The highest BCUT2D eigenvalue weighted by Crippen LogP contribution is 2.25. The van der Waals surface area contributed by atoms with Gasteiger partial charge in [0.05, 0.1) is 17.0 Å². The largest absolute Gasteiger partial charge is 0.266 e. The molecule has 0 atom stereocenters. The van der Waals surface area contributed by atoms with E-state index in [4.69, 9.17) is 11.6 Å². The number of sulfone groups is 1. The van der Waals surface area contributed by atoms with Crippen molar-refractivity contribution in [3.8, 4) is 0 Å². The van der Waals surface area contributed by atoms with Crippen LogP contribution in [0, 0.1) is 6.92 Å². The Bertz CT molecular complexity index is 692. The minimum absolute atomic E-state index is 0.0658. The molecule has 0 spiro atoms. The summed E-state index contributed by atoms with van der Waals surface area (Å²) in [5.41, 5.74) is 2.49. The first kappa shape index (κ1) is 14.3. The zero-order valence-electron chi connectivity index (χ0n) is 11.0. The predicted molar refractivity (Wildman–Crippen MR) is 78.2 cm³/mol. The van der Waals surface area contributed by atoms with Crippen LogP contribution in [0.4, 0.5) is 0 Å². The number of aromatic nitrogens is 2. The first-order valence-corrected chi connectivity index (χ1v) is 8.46. The molecule has 0 aliphatic heterocycles. The number of aromatic amines is 1. The lowest BCUT2D eigenvalue weighted by atomic mass is 10.1. The molecule has 1 aromatic heterocycles. The molecule has 0 saturated carbocycles. The van der Waals surface area contributed by atoms with Crippen molar-refractivity contribution >= 4 is 32.3 Å². The van der Waals surface area contributed by atoms with Gasteiger partial charge in [0.1, 0.15) is 5.15 Å². The SMILES string of the molecule is CCCCS(=O)(=O)Cc1cc2c(Cl)[nH]nc2cc1C. The normalized spacial score (nSPS) is 12.2. The molecule has 0 bridgehead atoms. The van der Waals surface area contributed by atoms with E-state index < -0.39 is 9.84 Å². The van der Waals surface area contributed by atoms with Gasteiger partial charge in [0.15, 0.2) is 9.84 Å². The van der Waals surface area contributed by atoms with Gasteiger partial charge in [-0.3, -0.25) is 5.10 Å². The Labute approximate surface area is 118 Å². The van der Waals surface area contributed by atoms with Gasteiger partial charge in [-0.1, -0.05) is 24.9 Å². The third kappa shape index (κ3) is 3.28. The third-order valence-electron chi connectivity index (χ3n) is 3.15. The maximum atomic E-state index is 12.0. The molecule has 2 aromatic rings. The first-order chi connectivity index (χ1) is 8.93. The van der Waals surface area contributed by atoms with Crippen LogP contribution >= 0.6 is 11.6 Å². The predicted octanol–water partition coefficient (Wildman–Crippen LogP) is 3.24. The molecular weight excluding hydrogens is 284 g/mol. The number of hydrogen-bond donors (Lipinski definition) is 1. The molecule has 6 heteroatoms. The van der Waals surface area contributed by atoms with E-state index in [1.54, 1.807) is 0 Å². The second-order valence-electron chi connectivity index (χ2n) is 4.78. The Morgan fingerprint density at radius 3 is 2.79 bits per heavy atom. The number of unbranched alkanes of at least 4 members (excludes halogenated alkanes) is 1. The summed E-state index contributed by atoms with van der Waals surface area (Å²) in [4.78, 5) is 0. The molecule has 0 saturated heterocycles. The van der Waals surface area contributed by atoms with Crippen molar-refractivity contribution in [2.45, 2.75) is 32.4 Å². The zero-order chi connectivity index (χ0) is 14.0. The van der Waals surface area contributed by atoms with E-state index in [1.807, 2.05) is 26.0 Å². The van der Waals surface area contributed by atoms with Crippen LogP contribution in [0.15, 0.2) is 12.1 Å². The van der Waals surface area contributed by atoms with Crippen LogP contribution in [0.5, 0.6) is 0 Å². The number of nitrogens with one attached hydrogen (secondary N) is 1. The van der Waals surface area contributed by atoms with Crippen molar-refractivity contribution in [2.24, 2.45) is 0 Å². The summed E-state index contributed by atoms with van der Waals surface area (Å²) in [6.45, 7) is 3.88. The van der Waals surface area contributed by atoms with Gasteiger partial charge in [0.2, 0.25) is 0 Å². The van der Waals surface area contributed by atoms with Crippen molar-refractivity contribution in [1.29, 1.82) is 0 Å². The number of benzene rings is 1. The molecule has 0 unspecified atom stereocenters. The summed E-state index contributed by atoms with van der Waals surface area (Å²) in [6, 6.07) is 3.68. The number of hydrogen-bond acceptors (Lipinski definition) is 3. The zero-order valence-corrected chi connectivity index (χ0v) is 12.6. The van der Waals surface area contributed by atoms with E-state index in [9.17, 15) is 8.42 Å². The van der Waals surface area contributed by atoms with Crippen molar-refractivity contribution in [1.82, 2.24) is 10.2 Å². The van der Waals surface area contributed by atoms with Crippen LogP contribution in [0.25, 0.3) is 10.9 Å². The summed E-state index contributed by atoms with van der Waals surface area (Å²) >= 11 is 5.98. The lowest BCUT2D eigenvalue weighted by Gasteiger charge is -2.07. The van der Waals surface area contributed by atoms with Gasteiger partial charge in [-0.15, -0.1) is 0 Å². The Kier molecular flexibility index (Phi) is 4.16. The molecule has 1 aromatic carbocycles. The summed E-state index contributed by atoms with van der Waals surface area (Å²) in [7, 11) is -3.06. The number of halogens is 1. The number of nitrogens with zero attached hydrogens (tertiary/aromatic N) is 1. The van der Waals surface area contributed by atoms with Gasteiger partial charge < -0.3 is 0 Å². The molecule has 1 heterocycles. The number of rotatable bonds is 5. The fraction of sp³-hybridized carbons (Fsp3) is 0.462. The Morgan fingerprint density at radius 1 is 1.37 bits per heavy atom. The Hall–Kier alpha value is -1.07. The average molecular weight is 301 g/mol. The number of fused-ring (bicyclic) bond motifs is 1. The molecule has 19 heavy (non-hydrogen) atoms. The Balaban J connectivity index is 2.34. The van der Waals surface area contributed by atoms with Gasteiger partial charge in [-0.25, -0.2) is 8.42 Å². The van der Waals surface area contributed by atoms with Crippen LogP contribution in [0.2, 0.25) is 5.15 Å². The molecule has 1 N–H and O–H groups in total. The van der Waals surface area contributed by atoms with Gasteiger partial charge >= 0.3 is 0 Å². The lowest BCUT2D eigenvalue weighted by molar-refractivity contribution is 0.592. The van der Waals surface area contributed by atoms with Crippen molar-refractivity contribution in [3.05, 3.63) is 28.4 Å². The highest BCUT2D eigenvalue weighted by Gasteiger charge is 2.15. The van der Waals surface area contributed by atoms with Crippen molar-refractivity contribution in [2.75, 3.05) is 5.75 Å². The molecule has 0 aliphatic rings. The van der Waals surface area contributed by atoms with E-state index in [0.717, 1.165) is 28.5 Å². The maximum Gasteiger partial charge on any atom is 0.154 e. The number of H-pyrrole nitrogens is 1. The summed E-state index contributed by atoms with van der Waals surface area (Å²) in [5.74, 6) is 0.302. The molecule has 2 rings (SSSR count). The van der Waals surface area contributed by atoms with Crippen molar-refractivity contribution < 1.29 is 8.42 Å². The maximum absolute atomic E-state index is 12.0.